The molecule has 0 bridgehead atoms. The maximum Gasteiger partial charge on any atom is 0.0708 e. The van der Waals surface area contributed by atoms with Crippen LogP contribution in [0.5, 0.6) is 0 Å². The fourth-order valence-electron chi connectivity index (χ4n) is 3.99. The number of nitrogens with zero attached hydrogens (tertiary/aromatic N) is 3. The lowest BCUT2D eigenvalue weighted by atomic mass is 10.0. The number of allylic oxidation sites excluding steroid dienone is 3. The van der Waals surface area contributed by atoms with Gasteiger partial charge in [0.25, 0.3) is 0 Å². The smallest absolute Gasteiger partial charge is 0.0708 e. The highest BCUT2D eigenvalue weighted by atomic mass is 15.2. The number of pyridine rings is 1. The molecular formula is C23H29N3. The molecule has 0 aliphatic carbocycles. The van der Waals surface area contributed by atoms with Crippen LogP contribution >= 0.6 is 0 Å². The summed E-state index contributed by atoms with van der Waals surface area (Å²) in [6.07, 6.45) is 11.7. The molecular weight excluding hydrogens is 318 g/mol. The summed E-state index contributed by atoms with van der Waals surface area (Å²) in [6, 6.07) is 11.6. The van der Waals surface area contributed by atoms with E-state index in [1.807, 2.05) is 31.5 Å². The summed E-state index contributed by atoms with van der Waals surface area (Å²) < 4.78 is 0. The number of rotatable bonds is 5. The van der Waals surface area contributed by atoms with Crippen LogP contribution in [0, 0.1) is 0 Å². The van der Waals surface area contributed by atoms with Crippen molar-refractivity contribution >= 4 is 22.8 Å². The average Bonchev–Trinajstić information content (AvgIpc) is 3.00. The highest BCUT2D eigenvalue weighted by Gasteiger charge is 2.27. The van der Waals surface area contributed by atoms with Gasteiger partial charge in [-0.25, -0.2) is 0 Å². The second-order valence-electron chi connectivity index (χ2n) is 7.01. The van der Waals surface area contributed by atoms with Gasteiger partial charge in [-0.1, -0.05) is 25.1 Å². The molecule has 2 aromatic rings. The van der Waals surface area contributed by atoms with E-state index >= 15 is 0 Å². The van der Waals surface area contributed by atoms with Gasteiger partial charge in [0.05, 0.1) is 11.2 Å². The zero-order valence-corrected chi connectivity index (χ0v) is 16.3. The van der Waals surface area contributed by atoms with Gasteiger partial charge in [-0.2, -0.15) is 0 Å². The van der Waals surface area contributed by atoms with Crippen molar-refractivity contribution in [2.75, 3.05) is 0 Å². The average molecular weight is 348 g/mol. The second-order valence-corrected chi connectivity index (χ2v) is 7.01. The van der Waals surface area contributed by atoms with E-state index in [9.17, 15) is 0 Å². The largest absolute Gasteiger partial charge is 0.369 e. The van der Waals surface area contributed by atoms with E-state index in [0.29, 0.717) is 12.1 Å². The Labute approximate surface area is 157 Å². The quantitative estimate of drug-likeness (QED) is 0.502. The summed E-state index contributed by atoms with van der Waals surface area (Å²) in [5.74, 6) is 0. The molecule has 2 atom stereocenters. The van der Waals surface area contributed by atoms with E-state index in [-0.39, 0.29) is 0 Å². The molecule has 2 heterocycles. The Balaban J connectivity index is 2.04. The molecule has 1 aromatic carbocycles. The normalized spacial score (nSPS) is 21.9. The number of fused-ring (bicyclic) bond motifs is 1. The SMILES string of the molecule is C/C=N/C(=C\C=C(/CC)N1[C@H](C)CC[C@@H]1C)c1cccc2ncccc12. The minimum Gasteiger partial charge on any atom is -0.369 e. The van der Waals surface area contributed by atoms with Crippen molar-refractivity contribution in [1.82, 2.24) is 9.88 Å². The van der Waals surface area contributed by atoms with Crippen molar-refractivity contribution in [2.45, 2.75) is 59.0 Å². The maximum absolute atomic E-state index is 4.66. The third-order valence-corrected chi connectivity index (χ3v) is 5.27. The van der Waals surface area contributed by atoms with Crippen LogP contribution in [-0.4, -0.2) is 28.2 Å². The van der Waals surface area contributed by atoms with Crippen LogP contribution in [0.4, 0.5) is 0 Å². The van der Waals surface area contributed by atoms with Gasteiger partial charge >= 0.3 is 0 Å². The highest BCUT2D eigenvalue weighted by Crippen LogP contribution is 2.30. The number of hydrogen-bond acceptors (Lipinski definition) is 3. The Morgan fingerprint density at radius 2 is 1.92 bits per heavy atom. The monoisotopic (exact) mass is 347 g/mol. The van der Waals surface area contributed by atoms with Crippen molar-refractivity contribution in [3.8, 4) is 0 Å². The molecule has 0 saturated carbocycles. The van der Waals surface area contributed by atoms with Crippen molar-refractivity contribution in [3.63, 3.8) is 0 Å². The summed E-state index contributed by atoms with van der Waals surface area (Å²) in [6.45, 7) is 8.87. The minimum atomic E-state index is 0.615. The molecule has 0 spiro atoms. The zero-order chi connectivity index (χ0) is 18.5. The van der Waals surface area contributed by atoms with E-state index in [1.54, 1.807) is 0 Å². The minimum absolute atomic E-state index is 0.615. The Morgan fingerprint density at radius 3 is 2.62 bits per heavy atom. The standard InChI is InChI=1S/C23H29N3/c1-5-19(26-17(3)12-13-18(26)4)14-15-23(24-6-2)20-9-7-11-22-21(20)10-8-16-25-22/h6-11,14-18H,5,12-13H2,1-4H3/b19-14+,23-15-,24-6+/t17-,18+. The van der Waals surface area contributed by atoms with Crippen molar-refractivity contribution in [3.05, 3.63) is 59.9 Å². The Kier molecular flexibility index (Phi) is 5.87. The molecule has 1 aliphatic heterocycles. The van der Waals surface area contributed by atoms with Crippen LogP contribution < -0.4 is 0 Å². The van der Waals surface area contributed by atoms with Gasteiger partial charge in [0, 0.05) is 41.1 Å². The summed E-state index contributed by atoms with van der Waals surface area (Å²) in [5, 5.41) is 1.14. The number of hydrogen-bond donors (Lipinski definition) is 0. The lowest BCUT2D eigenvalue weighted by Crippen LogP contribution is -2.31. The first-order valence-corrected chi connectivity index (χ1v) is 9.67. The van der Waals surface area contributed by atoms with Crippen molar-refractivity contribution < 1.29 is 0 Å². The molecule has 1 aromatic heterocycles. The van der Waals surface area contributed by atoms with Gasteiger partial charge in [0.1, 0.15) is 0 Å². The molecule has 0 radical (unpaired) electrons. The van der Waals surface area contributed by atoms with E-state index < -0.39 is 0 Å². The summed E-state index contributed by atoms with van der Waals surface area (Å²) in [4.78, 5) is 11.7. The number of likely N-dealkylation sites (tertiary alicyclic amines) is 1. The number of benzene rings is 1. The maximum atomic E-state index is 4.66. The lowest BCUT2D eigenvalue weighted by molar-refractivity contribution is 0.270. The van der Waals surface area contributed by atoms with Crippen LogP contribution in [-0.2, 0) is 0 Å². The molecule has 1 saturated heterocycles. The highest BCUT2D eigenvalue weighted by molar-refractivity contribution is 5.92. The van der Waals surface area contributed by atoms with Gasteiger partial charge in [0.2, 0.25) is 0 Å². The first kappa shape index (κ1) is 18.4. The molecule has 3 rings (SSSR count). The van der Waals surface area contributed by atoms with Gasteiger partial charge in [0.15, 0.2) is 0 Å². The van der Waals surface area contributed by atoms with Crippen LogP contribution in [0.3, 0.4) is 0 Å². The molecule has 1 aliphatic rings. The molecule has 136 valence electrons. The molecule has 26 heavy (non-hydrogen) atoms. The van der Waals surface area contributed by atoms with E-state index in [1.165, 1.54) is 18.5 Å². The zero-order valence-electron chi connectivity index (χ0n) is 16.3. The summed E-state index contributed by atoms with van der Waals surface area (Å²) in [7, 11) is 0. The third kappa shape index (κ3) is 3.72. The summed E-state index contributed by atoms with van der Waals surface area (Å²) in [5.41, 5.74) is 4.51. The fraction of sp³-hybridized carbons (Fsp3) is 0.391. The molecule has 0 amide bonds. The topological polar surface area (TPSA) is 28.5 Å². The molecule has 3 heteroatoms. The Morgan fingerprint density at radius 1 is 1.15 bits per heavy atom. The Bertz CT molecular complexity index is 832. The van der Waals surface area contributed by atoms with Crippen LogP contribution in [0.1, 0.15) is 52.5 Å². The number of aliphatic imine (C=N–C) groups is 1. The van der Waals surface area contributed by atoms with E-state index in [0.717, 1.165) is 28.6 Å². The predicted molar refractivity (Wildman–Crippen MR) is 112 cm³/mol. The van der Waals surface area contributed by atoms with E-state index in [2.05, 4.69) is 66.0 Å². The van der Waals surface area contributed by atoms with Crippen LogP contribution in [0.2, 0.25) is 0 Å². The third-order valence-electron chi connectivity index (χ3n) is 5.27. The Hall–Kier alpha value is -2.42. The predicted octanol–water partition coefficient (Wildman–Crippen LogP) is 5.83. The summed E-state index contributed by atoms with van der Waals surface area (Å²) >= 11 is 0. The van der Waals surface area contributed by atoms with E-state index in [4.69, 9.17) is 0 Å². The van der Waals surface area contributed by atoms with Crippen molar-refractivity contribution in [2.24, 2.45) is 4.99 Å². The first-order valence-electron chi connectivity index (χ1n) is 9.67. The van der Waals surface area contributed by atoms with Gasteiger partial charge in [-0.3, -0.25) is 9.98 Å². The van der Waals surface area contributed by atoms with Crippen LogP contribution in [0.25, 0.3) is 16.6 Å². The lowest BCUT2D eigenvalue weighted by Gasteiger charge is -2.30. The first-order chi connectivity index (χ1) is 12.7. The van der Waals surface area contributed by atoms with Gasteiger partial charge in [-0.15, -0.1) is 0 Å². The second kappa shape index (κ2) is 8.31. The van der Waals surface area contributed by atoms with Gasteiger partial charge in [-0.05, 0) is 64.3 Å². The van der Waals surface area contributed by atoms with Gasteiger partial charge < -0.3 is 4.90 Å². The fourth-order valence-corrected chi connectivity index (χ4v) is 3.99. The molecule has 3 nitrogen and oxygen atoms in total. The van der Waals surface area contributed by atoms with Crippen LogP contribution in [0.15, 0.2) is 59.4 Å². The molecule has 1 fully saturated rings. The molecule has 0 unspecified atom stereocenters. The molecule has 0 N–H and O–H groups in total. The van der Waals surface area contributed by atoms with Crippen molar-refractivity contribution in [1.29, 1.82) is 0 Å². The number of aromatic nitrogens is 1.